The van der Waals surface area contributed by atoms with E-state index >= 15 is 0 Å². The van der Waals surface area contributed by atoms with Gasteiger partial charge < -0.3 is 11.1 Å². The molecule has 0 fully saturated rings. The largest absolute Gasteiger partial charge is 0.433 e. The Bertz CT molecular complexity index is 1470. The fourth-order valence-corrected chi connectivity index (χ4v) is 4.87. The van der Waals surface area contributed by atoms with Crippen molar-refractivity contribution in [2.75, 3.05) is 5.32 Å². The first kappa shape index (κ1) is 24.4. The van der Waals surface area contributed by atoms with Gasteiger partial charge in [0.05, 0.1) is 23.1 Å². The summed E-state index contributed by atoms with van der Waals surface area (Å²) in [6.45, 7) is 8.15. The van der Waals surface area contributed by atoms with Crippen LogP contribution in [0.15, 0.2) is 18.5 Å². The number of fused-ring (bicyclic) bond motifs is 1. The van der Waals surface area contributed by atoms with Crippen LogP contribution in [0.5, 0.6) is 0 Å². The molecule has 9 nitrogen and oxygen atoms in total. The third-order valence-corrected chi connectivity index (χ3v) is 6.72. The van der Waals surface area contributed by atoms with Gasteiger partial charge in [-0.15, -0.1) is 11.3 Å². The number of amides is 2. The molecule has 0 atom stereocenters. The summed E-state index contributed by atoms with van der Waals surface area (Å²) in [7, 11) is 0. The van der Waals surface area contributed by atoms with Gasteiger partial charge in [-0.2, -0.15) is 23.4 Å². The van der Waals surface area contributed by atoms with Crippen LogP contribution in [0.3, 0.4) is 0 Å². The molecule has 4 aromatic rings. The first-order valence-corrected chi connectivity index (χ1v) is 11.5. The summed E-state index contributed by atoms with van der Waals surface area (Å²) in [5, 5.41) is 11.4. The number of nitrogens with two attached hydrogens (primary N) is 1. The van der Waals surface area contributed by atoms with Crippen LogP contribution in [0.4, 0.5) is 18.9 Å². The predicted octanol–water partition coefficient (Wildman–Crippen LogP) is 4.38. The summed E-state index contributed by atoms with van der Waals surface area (Å²) in [6.07, 6.45) is -1.72. The van der Waals surface area contributed by atoms with Gasteiger partial charge in [0.2, 0.25) is 0 Å². The summed E-state index contributed by atoms with van der Waals surface area (Å²) >= 11 is 0.692. The number of carbonyl (C=O) groups is 2. The van der Waals surface area contributed by atoms with Gasteiger partial charge in [0.25, 0.3) is 11.8 Å². The fraction of sp³-hybridized carbons (Fsp3) is 0.318. The Balaban J connectivity index is 1.99. The van der Waals surface area contributed by atoms with Gasteiger partial charge in [0.15, 0.2) is 0 Å². The van der Waals surface area contributed by atoms with Crippen LogP contribution in [-0.4, -0.2) is 36.4 Å². The lowest BCUT2D eigenvalue weighted by Crippen LogP contribution is -2.17. The molecule has 3 N–H and O–H groups in total. The molecule has 184 valence electrons. The first-order valence-electron chi connectivity index (χ1n) is 10.7. The Morgan fingerprint density at radius 2 is 1.89 bits per heavy atom. The van der Waals surface area contributed by atoms with E-state index < -0.39 is 23.7 Å². The molecule has 4 rings (SSSR count). The molecule has 0 radical (unpaired) electrons. The number of carbonyl (C=O) groups excluding carboxylic acids is 2. The van der Waals surface area contributed by atoms with Crippen LogP contribution < -0.4 is 11.1 Å². The highest BCUT2D eigenvalue weighted by Crippen LogP contribution is 2.44. The Morgan fingerprint density at radius 3 is 2.43 bits per heavy atom. The van der Waals surface area contributed by atoms with E-state index in [9.17, 15) is 22.8 Å². The van der Waals surface area contributed by atoms with Crippen molar-refractivity contribution < 1.29 is 22.8 Å². The third kappa shape index (κ3) is 4.27. The van der Waals surface area contributed by atoms with Crippen LogP contribution in [-0.2, 0) is 19.3 Å². The molecule has 0 aromatic carbocycles. The molecule has 0 saturated carbocycles. The predicted molar refractivity (Wildman–Crippen MR) is 125 cm³/mol. The molecule has 4 heterocycles. The molecule has 4 aromatic heterocycles. The minimum absolute atomic E-state index is 0.00558. The number of thiophene rings is 1. The summed E-state index contributed by atoms with van der Waals surface area (Å²) in [5.41, 5.74) is 6.34. The van der Waals surface area contributed by atoms with E-state index in [-0.39, 0.29) is 31.9 Å². The number of hydrogen-bond donors (Lipinski definition) is 2. The summed E-state index contributed by atoms with van der Waals surface area (Å²) in [4.78, 5) is 29.0. The Kier molecular flexibility index (Phi) is 6.13. The molecule has 0 unspecified atom stereocenters. The lowest BCUT2D eigenvalue weighted by molar-refractivity contribution is -0.140. The smallest absolute Gasteiger partial charge is 0.365 e. The molecular formula is C22H22F3N7O2S. The van der Waals surface area contributed by atoms with Gasteiger partial charge in [-0.3, -0.25) is 19.0 Å². The molecule has 0 aliphatic rings. The maximum Gasteiger partial charge on any atom is 0.433 e. The second-order valence-corrected chi connectivity index (χ2v) is 8.80. The van der Waals surface area contributed by atoms with Gasteiger partial charge >= 0.3 is 6.18 Å². The standard InChI is InChI=1S/C22H22F3N7O2S/c1-5-31-9-14(10(3)30-31)12-7-15(22(23,24)25)28-21-16(12)17(18(35-21)19(26)33)29-20(34)13-8-27-32(6-2)11(13)4/h7-9H,5-6H2,1-4H3,(H2,26,33)(H,29,34). The number of aryl methyl sites for hydroxylation is 3. The van der Waals surface area contributed by atoms with Gasteiger partial charge in [0, 0.05) is 35.9 Å². The van der Waals surface area contributed by atoms with Gasteiger partial charge in [0.1, 0.15) is 15.4 Å². The number of aromatic nitrogens is 5. The van der Waals surface area contributed by atoms with Crippen LogP contribution in [0, 0.1) is 13.8 Å². The second-order valence-electron chi connectivity index (χ2n) is 7.80. The number of alkyl halides is 3. The minimum Gasteiger partial charge on any atom is -0.365 e. The molecular weight excluding hydrogens is 483 g/mol. The number of hydrogen-bond acceptors (Lipinski definition) is 6. The number of anilines is 1. The van der Waals surface area contributed by atoms with Crippen LogP contribution in [0.1, 0.15) is 51.0 Å². The number of rotatable bonds is 6. The molecule has 0 saturated heterocycles. The van der Waals surface area contributed by atoms with Gasteiger partial charge in [-0.1, -0.05) is 0 Å². The van der Waals surface area contributed by atoms with E-state index in [4.69, 9.17) is 5.73 Å². The Labute approximate surface area is 201 Å². The highest BCUT2D eigenvalue weighted by Gasteiger charge is 2.35. The number of halogens is 3. The van der Waals surface area contributed by atoms with E-state index in [1.165, 1.54) is 6.20 Å². The van der Waals surface area contributed by atoms with Crippen LogP contribution in [0.25, 0.3) is 21.3 Å². The summed E-state index contributed by atoms with van der Waals surface area (Å²) in [6, 6.07) is 0.903. The molecule has 0 spiro atoms. The van der Waals surface area contributed by atoms with Crippen molar-refractivity contribution in [3.63, 3.8) is 0 Å². The second kappa shape index (κ2) is 8.80. The van der Waals surface area contributed by atoms with Crippen molar-refractivity contribution in [3.05, 3.63) is 46.0 Å². The zero-order valence-corrected chi connectivity index (χ0v) is 20.1. The molecule has 0 aliphatic heterocycles. The average molecular weight is 506 g/mol. The first-order chi connectivity index (χ1) is 16.5. The van der Waals surface area contributed by atoms with Crippen molar-refractivity contribution in [1.29, 1.82) is 0 Å². The SMILES string of the molecule is CCn1cc(-c2cc(C(F)(F)F)nc3sc(C(N)=O)c(NC(=O)c4cnn(CC)c4C)c23)c(C)n1. The number of nitrogens with one attached hydrogen (secondary N) is 1. The highest BCUT2D eigenvalue weighted by molar-refractivity contribution is 7.21. The maximum absolute atomic E-state index is 13.7. The fourth-order valence-electron chi connectivity index (χ4n) is 3.86. The monoisotopic (exact) mass is 505 g/mol. The normalized spacial score (nSPS) is 11.9. The minimum atomic E-state index is -4.73. The maximum atomic E-state index is 13.7. The average Bonchev–Trinajstić information content (AvgIpc) is 3.47. The van der Waals surface area contributed by atoms with E-state index in [1.54, 1.807) is 29.4 Å². The lowest BCUT2D eigenvalue weighted by atomic mass is 10.0. The van der Waals surface area contributed by atoms with Crippen molar-refractivity contribution in [1.82, 2.24) is 24.5 Å². The molecule has 2 amide bonds. The third-order valence-electron chi connectivity index (χ3n) is 5.62. The Hall–Kier alpha value is -3.74. The molecule has 0 bridgehead atoms. The quantitative estimate of drug-likeness (QED) is 0.403. The van der Waals surface area contributed by atoms with E-state index in [0.717, 1.165) is 6.07 Å². The van der Waals surface area contributed by atoms with Crippen molar-refractivity contribution in [2.45, 2.75) is 47.0 Å². The molecule has 0 aliphatic carbocycles. The van der Waals surface area contributed by atoms with E-state index in [0.29, 0.717) is 41.4 Å². The van der Waals surface area contributed by atoms with Crippen LogP contribution in [0.2, 0.25) is 0 Å². The van der Waals surface area contributed by atoms with E-state index in [1.807, 2.05) is 13.8 Å². The molecule has 35 heavy (non-hydrogen) atoms. The highest BCUT2D eigenvalue weighted by atomic mass is 32.1. The van der Waals surface area contributed by atoms with Crippen LogP contribution >= 0.6 is 11.3 Å². The Morgan fingerprint density at radius 1 is 1.17 bits per heavy atom. The number of nitrogens with zero attached hydrogens (tertiary/aromatic N) is 5. The van der Waals surface area contributed by atoms with Crippen molar-refractivity contribution in [2.24, 2.45) is 5.73 Å². The van der Waals surface area contributed by atoms with Crippen molar-refractivity contribution in [3.8, 4) is 11.1 Å². The zero-order valence-electron chi connectivity index (χ0n) is 19.3. The topological polar surface area (TPSA) is 121 Å². The lowest BCUT2D eigenvalue weighted by Gasteiger charge is -2.12. The zero-order chi connectivity index (χ0) is 25.7. The number of primary amides is 1. The van der Waals surface area contributed by atoms with Gasteiger partial charge in [-0.25, -0.2) is 4.98 Å². The summed E-state index contributed by atoms with van der Waals surface area (Å²) in [5.74, 6) is -1.47. The molecule has 13 heteroatoms. The summed E-state index contributed by atoms with van der Waals surface area (Å²) < 4.78 is 44.4. The number of pyridine rings is 1. The van der Waals surface area contributed by atoms with Gasteiger partial charge in [-0.05, 0) is 39.3 Å². The van der Waals surface area contributed by atoms with Crippen molar-refractivity contribution >= 4 is 39.1 Å². The van der Waals surface area contributed by atoms with E-state index in [2.05, 4.69) is 20.5 Å².